The number of rotatable bonds is 1. The Labute approximate surface area is 79.1 Å². The number of nitrogens with zero attached hydrogens (tertiary/aromatic N) is 1. The van der Waals surface area contributed by atoms with Gasteiger partial charge in [-0.2, -0.15) is 4.37 Å². The molecule has 1 aromatic heterocycles. The minimum atomic E-state index is 0.488. The summed E-state index contributed by atoms with van der Waals surface area (Å²) < 4.78 is 5.31. The highest BCUT2D eigenvalue weighted by molar-refractivity contribution is 7.13. The maximum Gasteiger partial charge on any atom is 0.0756 e. The molecule has 0 aliphatic rings. The molecule has 0 unspecified atom stereocenters. The van der Waals surface area contributed by atoms with Gasteiger partial charge >= 0.3 is 0 Å². The van der Waals surface area contributed by atoms with E-state index in [0.717, 1.165) is 20.8 Å². The summed E-state index contributed by atoms with van der Waals surface area (Å²) in [5.41, 5.74) is 6.46. The van der Waals surface area contributed by atoms with E-state index in [1.165, 1.54) is 11.5 Å². The van der Waals surface area contributed by atoms with Gasteiger partial charge in [-0.15, -0.1) is 0 Å². The van der Waals surface area contributed by atoms with Crippen molar-refractivity contribution in [1.29, 1.82) is 0 Å². The molecule has 2 nitrogen and oxygen atoms in total. The SMILES string of the molecule is NCc1nsc2cc(Cl)ccc12. The van der Waals surface area contributed by atoms with Gasteiger partial charge in [0.15, 0.2) is 0 Å². The number of hydrogen-bond acceptors (Lipinski definition) is 3. The minimum Gasteiger partial charge on any atom is -0.325 e. The lowest BCUT2D eigenvalue weighted by Crippen LogP contribution is -1.95. The average molecular weight is 199 g/mol. The van der Waals surface area contributed by atoms with Crippen LogP contribution in [0.15, 0.2) is 18.2 Å². The first kappa shape index (κ1) is 7.98. The maximum atomic E-state index is 5.82. The third-order valence-corrected chi connectivity index (χ3v) is 2.78. The molecule has 0 aliphatic heterocycles. The van der Waals surface area contributed by atoms with Gasteiger partial charge in [0.05, 0.1) is 10.4 Å². The smallest absolute Gasteiger partial charge is 0.0756 e. The molecule has 2 N–H and O–H groups in total. The molecular formula is C8H7ClN2S. The van der Waals surface area contributed by atoms with Crippen LogP contribution in [0.2, 0.25) is 5.02 Å². The normalized spacial score (nSPS) is 10.8. The first-order valence-electron chi connectivity index (χ1n) is 3.55. The van der Waals surface area contributed by atoms with Gasteiger partial charge in [-0.05, 0) is 23.7 Å². The molecule has 12 heavy (non-hydrogen) atoms. The van der Waals surface area contributed by atoms with E-state index in [1.807, 2.05) is 18.2 Å². The number of halogens is 1. The largest absolute Gasteiger partial charge is 0.325 e. The summed E-state index contributed by atoms with van der Waals surface area (Å²) in [4.78, 5) is 0. The summed E-state index contributed by atoms with van der Waals surface area (Å²) >= 11 is 7.26. The first-order valence-corrected chi connectivity index (χ1v) is 4.70. The van der Waals surface area contributed by atoms with Crippen LogP contribution in [-0.2, 0) is 6.54 Å². The van der Waals surface area contributed by atoms with Crippen LogP contribution in [0.25, 0.3) is 10.1 Å². The zero-order valence-corrected chi connectivity index (χ0v) is 7.82. The van der Waals surface area contributed by atoms with Crippen molar-refractivity contribution in [1.82, 2.24) is 4.37 Å². The van der Waals surface area contributed by atoms with Crippen molar-refractivity contribution in [2.45, 2.75) is 6.54 Å². The van der Waals surface area contributed by atoms with Crippen LogP contribution in [0, 0.1) is 0 Å². The molecule has 0 saturated heterocycles. The highest BCUT2D eigenvalue weighted by Gasteiger charge is 2.03. The fourth-order valence-electron chi connectivity index (χ4n) is 1.11. The summed E-state index contributed by atoms with van der Waals surface area (Å²) in [5.74, 6) is 0. The van der Waals surface area contributed by atoms with Crippen molar-refractivity contribution in [2.24, 2.45) is 5.73 Å². The molecule has 0 atom stereocenters. The molecule has 0 spiro atoms. The van der Waals surface area contributed by atoms with E-state index < -0.39 is 0 Å². The van der Waals surface area contributed by atoms with Gasteiger partial charge in [0, 0.05) is 17.0 Å². The van der Waals surface area contributed by atoms with Gasteiger partial charge in [-0.3, -0.25) is 0 Å². The minimum absolute atomic E-state index is 0.488. The van der Waals surface area contributed by atoms with Crippen LogP contribution < -0.4 is 5.73 Å². The lowest BCUT2D eigenvalue weighted by Gasteiger charge is -1.91. The Balaban J connectivity index is 2.73. The molecule has 1 aromatic carbocycles. The van der Waals surface area contributed by atoms with Crippen molar-refractivity contribution < 1.29 is 0 Å². The second kappa shape index (κ2) is 3.01. The molecule has 0 amide bonds. The van der Waals surface area contributed by atoms with Crippen molar-refractivity contribution in [3.63, 3.8) is 0 Å². The third-order valence-electron chi connectivity index (χ3n) is 1.70. The molecule has 0 radical (unpaired) electrons. The predicted molar refractivity (Wildman–Crippen MR) is 52.5 cm³/mol. The fraction of sp³-hybridized carbons (Fsp3) is 0.125. The van der Waals surface area contributed by atoms with Crippen molar-refractivity contribution >= 4 is 33.2 Å². The Kier molecular flexibility index (Phi) is 2.00. The van der Waals surface area contributed by atoms with E-state index in [1.54, 1.807) is 0 Å². The van der Waals surface area contributed by atoms with Crippen LogP contribution in [-0.4, -0.2) is 4.37 Å². The van der Waals surface area contributed by atoms with Crippen LogP contribution in [0.1, 0.15) is 5.69 Å². The number of nitrogens with two attached hydrogens (primary N) is 1. The maximum absolute atomic E-state index is 5.82. The number of benzene rings is 1. The Morgan fingerprint density at radius 3 is 3.08 bits per heavy atom. The summed E-state index contributed by atoms with van der Waals surface area (Å²) in [6.07, 6.45) is 0. The van der Waals surface area contributed by atoms with Crippen LogP contribution >= 0.6 is 23.1 Å². The van der Waals surface area contributed by atoms with E-state index in [9.17, 15) is 0 Å². The molecule has 4 heteroatoms. The Hall–Kier alpha value is -0.640. The predicted octanol–water partition coefficient (Wildman–Crippen LogP) is 2.41. The van der Waals surface area contributed by atoms with Gasteiger partial charge < -0.3 is 5.73 Å². The second-order valence-electron chi connectivity index (χ2n) is 2.47. The fourth-order valence-corrected chi connectivity index (χ4v) is 2.19. The first-order chi connectivity index (χ1) is 5.81. The molecule has 0 bridgehead atoms. The van der Waals surface area contributed by atoms with Crippen molar-refractivity contribution in [3.05, 3.63) is 28.9 Å². The molecule has 2 rings (SSSR count). The Morgan fingerprint density at radius 2 is 2.33 bits per heavy atom. The van der Waals surface area contributed by atoms with Crippen LogP contribution in [0.4, 0.5) is 0 Å². The highest BCUT2D eigenvalue weighted by Crippen LogP contribution is 2.25. The molecule has 0 saturated carbocycles. The lowest BCUT2D eigenvalue weighted by molar-refractivity contribution is 1.04. The Bertz CT molecular complexity index is 410. The lowest BCUT2D eigenvalue weighted by atomic mass is 10.2. The van der Waals surface area contributed by atoms with Crippen molar-refractivity contribution in [3.8, 4) is 0 Å². The molecule has 0 fully saturated rings. The molecular weight excluding hydrogens is 192 g/mol. The van der Waals surface area contributed by atoms with Gasteiger partial charge in [0.1, 0.15) is 0 Å². The monoisotopic (exact) mass is 198 g/mol. The highest BCUT2D eigenvalue weighted by atomic mass is 35.5. The van der Waals surface area contributed by atoms with Gasteiger partial charge in [-0.25, -0.2) is 0 Å². The summed E-state index contributed by atoms with van der Waals surface area (Å²) in [6, 6.07) is 5.73. The number of hydrogen-bond donors (Lipinski definition) is 1. The Morgan fingerprint density at radius 1 is 1.50 bits per heavy atom. The zero-order valence-electron chi connectivity index (χ0n) is 6.25. The molecule has 0 aliphatic carbocycles. The molecule has 1 heterocycles. The van der Waals surface area contributed by atoms with Crippen LogP contribution in [0.5, 0.6) is 0 Å². The zero-order chi connectivity index (χ0) is 8.55. The van der Waals surface area contributed by atoms with E-state index in [2.05, 4.69) is 4.37 Å². The van der Waals surface area contributed by atoms with Gasteiger partial charge in [0.25, 0.3) is 0 Å². The quantitative estimate of drug-likeness (QED) is 0.765. The summed E-state index contributed by atoms with van der Waals surface area (Å²) in [5, 5.41) is 1.86. The topological polar surface area (TPSA) is 38.9 Å². The number of aromatic nitrogens is 1. The average Bonchev–Trinajstić information content (AvgIpc) is 2.46. The van der Waals surface area contributed by atoms with E-state index in [0.29, 0.717) is 6.54 Å². The van der Waals surface area contributed by atoms with E-state index >= 15 is 0 Å². The van der Waals surface area contributed by atoms with Crippen molar-refractivity contribution in [2.75, 3.05) is 0 Å². The second-order valence-corrected chi connectivity index (χ2v) is 3.72. The number of fused-ring (bicyclic) bond motifs is 1. The van der Waals surface area contributed by atoms with Crippen LogP contribution in [0.3, 0.4) is 0 Å². The third kappa shape index (κ3) is 1.20. The molecule has 62 valence electrons. The standard InChI is InChI=1S/C8H7ClN2S/c9-5-1-2-6-7(4-10)11-12-8(6)3-5/h1-3H,4,10H2. The van der Waals surface area contributed by atoms with Gasteiger partial charge in [-0.1, -0.05) is 17.7 Å². The summed E-state index contributed by atoms with van der Waals surface area (Å²) in [7, 11) is 0. The molecule has 2 aromatic rings. The van der Waals surface area contributed by atoms with E-state index in [-0.39, 0.29) is 0 Å². The van der Waals surface area contributed by atoms with E-state index in [4.69, 9.17) is 17.3 Å². The van der Waals surface area contributed by atoms with Gasteiger partial charge in [0.2, 0.25) is 0 Å². The summed E-state index contributed by atoms with van der Waals surface area (Å²) in [6.45, 7) is 0.488.